The second kappa shape index (κ2) is 6.20. The van der Waals surface area contributed by atoms with E-state index in [1.54, 1.807) is 0 Å². The van der Waals surface area contributed by atoms with Gasteiger partial charge in [0.05, 0.1) is 0 Å². The van der Waals surface area contributed by atoms with E-state index >= 15 is 0 Å². The fourth-order valence-electron chi connectivity index (χ4n) is 2.04. The summed E-state index contributed by atoms with van der Waals surface area (Å²) in [5.74, 6) is 0. The molecule has 0 aliphatic carbocycles. The van der Waals surface area contributed by atoms with Crippen molar-refractivity contribution >= 4 is 0 Å². The van der Waals surface area contributed by atoms with E-state index in [2.05, 4.69) is 64.2 Å². The average molecular weight is 233 g/mol. The lowest BCUT2D eigenvalue weighted by Gasteiger charge is -2.27. The van der Waals surface area contributed by atoms with Crippen molar-refractivity contribution in [2.75, 3.05) is 6.54 Å². The first-order valence-corrected chi connectivity index (χ1v) is 6.72. The van der Waals surface area contributed by atoms with Crippen molar-refractivity contribution in [3.63, 3.8) is 0 Å². The number of hydrogen-bond donors (Lipinski definition) is 1. The zero-order valence-electron chi connectivity index (χ0n) is 12.0. The zero-order valence-corrected chi connectivity index (χ0v) is 12.0. The molecule has 0 bridgehead atoms. The van der Waals surface area contributed by atoms with Crippen LogP contribution in [0.1, 0.15) is 57.7 Å². The number of rotatable bonds is 5. The smallest absolute Gasteiger partial charge is 0.0325 e. The molecule has 0 fully saturated rings. The van der Waals surface area contributed by atoms with Gasteiger partial charge in [-0.25, -0.2) is 0 Å². The minimum Gasteiger partial charge on any atom is -0.310 e. The van der Waals surface area contributed by atoms with E-state index in [1.165, 1.54) is 24.0 Å². The van der Waals surface area contributed by atoms with Crippen LogP contribution in [0.3, 0.4) is 0 Å². The van der Waals surface area contributed by atoms with Crippen molar-refractivity contribution in [3.8, 4) is 0 Å². The predicted molar refractivity (Wildman–Crippen MR) is 76.3 cm³/mol. The lowest BCUT2D eigenvalue weighted by atomic mass is 9.85. The van der Waals surface area contributed by atoms with Gasteiger partial charge in [-0.3, -0.25) is 0 Å². The average Bonchev–Trinajstić information content (AvgIpc) is 2.24. The third-order valence-electron chi connectivity index (χ3n) is 2.94. The van der Waals surface area contributed by atoms with Gasteiger partial charge in [0.15, 0.2) is 0 Å². The topological polar surface area (TPSA) is 12.0 Å². The zero-order chi connectivity index (χ0) is 12.9. The van der Waals surface area contributed by atoms with Gasteiger partial charge in [0, 0.05) is 6.04 Å². The number of aryl methyl sites for hydroxylation is 1. The van der Waals surface area contributed by atoms with Crippen molar-refractivity contribution in [3.05, 3.63) is 35.4 Å². The highest BCUT2D eigenvalue weighted by molar-refractivity contribution is 5.24. The third kappa shape index (κ3) is 5.36. The van der Waals surface area contributed by atoms with Gasteiger partial charge < -0.3 is 5.32 Å². The van der Waals surface area contributed by atoms with Crippen molar-refractivity contribution in [2.45, 2.75) is 53.5 Å². The molecule has 0 aromatic heterocycles. The fourth-order valence-corrected chi connectivity index (χ4v) is 2.04. The van der Waals surface area contributed by atoms with Gasteiger partial charge in [0.25, 0.3) is 0 Å². The highest BCUT2D eigenvalue weighted by atomic mass is 14.9. The minimum absolute atomic E-state index is 0.357. The summed E-state index contributed by atoms with van der Waals surface area (Å²) in [7, 11) is 0. The minimum atomic E-state index is 0.357. The summed E-state index contributed by atoms with van der Waals surface area (Å²) < 4.78 is 0. The van der Waals surface area contributed by atoms with E-state index < -0.39 is 0 Å². The molecule has 0 aliphatic rings. The lowest BCUT2D eigenvalue weighted by Crippen LogP contribution is -2.26. The highest BCUT2D eigenvalue weighted by Crippen LogP contribution is 2.29. The van der Waals surface area contributed by atoms with E-state index in [9.17, 15) is 0 Å². The molecule has 1 N–H and O–H groups in total. The molecular formula is C16H27N. The molecule has 17 heavy (non-hydrogen) atoms. The quantitative estimate of drug-likeness (QED) is 0.791. The fraction of sp³-hybridized carbons (Fsp3) is 0.625. The normalized spacial score (nSPS) is 13.7. The van der Waals surface area contributed by atoms with Crippen LogP contribution in [-0.2, 0) is 0 Å². The van der Waals surface area contributed by atoms with Crippen molar-refractivity contribution in [1.29, 1.82) is 0 Å². The summed E-state index contributed by atoms with van der Waals surface area (Å²) in [6.07, 6.45) is 2.36. The summed E-state index contributed by atoms with van der Waals surface area (Å²) in [5.41, 5.74) is 3.11. The van der Waals surface area contributed by atoms with Crippen molar-refractivity contribution < 1.29 is 0 Å². The maximum absolute atomic E-state index is 3.66. The molecule has 0 saturated carbocycles. The standard InChI is InChI=1S/C16H27N/c1-6-11-17-15(12-16(3,4)5)14-9-7-13(2)8-10-14/h7-10,15,17H,6,11-12H2,1-5H3. The highest BCUT2D eigenvalue weighted by Gasteiger charge is 2.19. The Kier molecular flexibility index (Phi) is 5.20. The molecule has 0 aliphatic heterocycles. The number of hydrogen-bond acceptors (Lipinski definition) is 1. The Morgan fingerprint density at radius 3 is 2.18 bits per heavy atom. The molecule has 1 nitrogen and oxygen atoms in total. The monoisotopic (exact) mass is 233 g/mol. The molecular weight excluding hydrogens is 206 g/mol. The van der Waals surface area contributed by atoms with E-state index in [-0.39, 0.29) is 0 Å². The Morgan fingerprint density at radius 1 is 1.12 bits per heavy atom. The van der Waals surface area contributed by atoms with Crippen LogP contribution in [0.5, 0.6) is 0 Å². The van der Waals surface area contributed by atoms with Gasteiger partial charge in [0.2, 0.25) is 0 Å². The largest absolute Gasteiger partial charge is 0.310 e. The second-order valence-corrected chi connectivity index (χ2v) is 6.18. The van der Waals surface area contributed by atoms with E-state index in [0.29, 0.717) is 11.5 Å². The molecule has 1 aromatic carbocycles. The summed E-state index contributed by atoms with van der Waals surface area (Å²) in [5, 5.41) is 3.66. The summed E-state index contributed by atoms with van der Waals surface area (Å²) in [6, 6.07) is 9.41. The third-order valence-corrected chi connectivity index (χ3v) is 2.94. The second-order valence-electron chi connectivity index (χ2n) is 6.18. The molecule has 1 heteroatoms. The molecule has 0 radical (unpaired) electrons. The maximum Gasteiger partial charge on any atom is 0.0325 e. The first-order valence-electron chi connectivity index (χ1n) is 6.72. The molecule has 0 saturated heterocycles. The van der Waals surface area contributed by atoms with Gasteiger partial charge in [-0.15, -0.1) is 0 Å². The van der Waals surface area contributed by atoms with Crippen LogP contribution in [0, 0.1) is 12.3 Å². The van der Waals surface area contributed by atoms with E-state index in [0.717, 1.165) is 6.54 Å². The number of benzene rings is 1. The van der Waals surface area contributed by atoms with Crippen LogP contribution < -0.4 is 5.32 Å². The van der Waals surface area contributed by atoms with Gasteiger partial charge in [-0.05, 0) is 37.3 Å². The van der Waals surface area contributed by atoms with E-state index in [1.807, 2.05) is 0 Å². The summed E-state index contributed by atoms with van der Waals surface area (Å²) in [4.78, 5) is 0. The maximum atomic E-state index is 3.66. The van der Waals surface area contributed by atoms with Crippen LogP contribution in [0.15, 0.2) is 24.3 Å². The predicted octanol–water partition coefficient (Wildman–Crippen LogP) is 4.47. The van der Waals surface area contributed by atoms with Crippen LogP contribution >= 0.6 is 0 Å². The molecule has 1 rings (SSSR count). The Balaban J connectivity index is 2.78. The SMILES string of the molecule is CCCNC(CC(C)(C)C)c1ccc(C)cc1. The van der Waals surface area contributed by atoms with Crippen LogP contribution in [-0.4, -0.2) is 6.54 Å². The Morgan fingerprint density at radius 2 is 1.71 bits per heavy atom. The van der Waals surface area contributed by atoms with E-state index in [4.69, 9.17) is 0 Å². The molecule has 0 heterocycles. The summed E-state index contributed by atoms with van der Waals surface area (Å²) >= 11 is 0. The molecule has 1 aromatic rings. The molecule has 0 spiro atoms. The van der Waals surface area contributed by atoms with Crippen LogP contribution in [0.2, 0.25) is 0 Å². The van der Waals surface area contributed by atoms with Gasteiger partial charge in [-0.2, -0.15) is 0 Å². The Bertz CT molecular complexity index is 318. The molecule has 1 unspecified atom stereocenters. The van der Waals surface area contributed by atoms with Crippen LogP contribution in [0.4, 0.5) is 0 Å². The first kappa shape index (κ1) is 14.2. The molecule has 96 valence electrons. The molecule has 1 atom stereocenters. The van der Waals surface area contributed by atoms with Crippen molar-refractivity contribution in [2.24, 2.45) is 5.41 Å². The Hall–Kier alpha value is -0.820. The number of nitrogens with one attached hydrogen (secondary N) is 1. The first-order chi connectivity index (χ1) is 7.92. The Labute approximate surface area is 107 Å². The summed E-state index contributed by atoms with van der Waals surface area (Å²) in [6.45, 7) is 12.4. The molecule has 0 amide bonds. The van der Waals surface area contributed by atoms with Gasteiger partial charge in [-0.1, -0.05) is 57.5 Å². The van der Waals surface area contributed by atoms with Crippen molar-refractivity contribution in [1.82, 2.24) is 5.32 Å². The van der Waals surface area contributed by atoms with Crippen LogP contribution in [0.25, 0.3) is 0 Å². The lowest BCUT2D eigenvalue weighted by molar-refractivity contribution is 0.311. The van der Waals surface area contributed by atoms with Gasteiger partial charge in [0.1, 0.15) is 0 Å². The van der Waals surface area contributed by atoms with Gasteiger partial charge >= 0.3 is 0 Å².